The third kappa shape index (κ3) is 2.67. The van der Waals surface area contributed by atoms with Gasteiger partial charge in [-0.1, -0.05) is 0 Å². The molecule has 70 valence electrons. The van der Waals surface area contributed by atoms with E-state index in [4.69, 9.17) is 10.2 Å². The zero-order valence-corrected chi connectivity index (χ0v) is 6.79. The van der Waals surface area contributed by atoms with E-state index >= 15 is 0 Å². The molecule has 0 bridgehead atoms. The molecule has 1 saturated heterocycles. The number of hydrogen-bond acceptors (Lipinski definition) is 3. The third-order valence-corrected chi connectivity index (χ3v) is 2.03. The molecule has 1 rings (SSSR count). The molecule has 1 aliphatic heterocycles. The van der Waals surface area contributed by atoms with Crippen LogP contribution in [0.4, 0.5) is 4.79 Å². The first-order valence-corrected chi connectivity index (χ1v) is 4.03. The van der Waals surface area contributed by atoms with Crippen molar-refractivity contribution in [1.82, 2.24) is 10.6 Å². The molecule has 0 spiro atoms. The Labute approximate surface area is 70.8 Å². The summed E-state index contributed by atoms with van der Waals surface area (Å²) < 4.78 is 0. The molecule has 0 aromatic heterocycles. The summed E-state index contributed by atoms with van der Waals surface area (Å²) in [6.07, 6.45) is -0.282. The SMILES string of the molecule is O=C(O)NC1CNCC(CO)C1. The van der Waals surface area contributed by atoms with Gasteiger partial charge in [0.15, 0.2) is 0 Å². The van der Waals surface area contributed by atoms with Gasteiger partial charge >= 0.3 is 6.09 Å². The molecular weight excluding hydrogens is 160 g/mol. The monoisotopic (exact) mass is 174 g/mol. The highest BCUT2D eigenvalue weighted by molar-refractivity contribution is 5.64. The van der Waals surface area contributed by atoms with Gasteiger partial charge < -0.3 is 20.8 Å². The van der Waals surface area contributed by atoms with E-state index in [0.29, 0.717) is 6.54 Å². The summed E-state index contributed by atoms with van der Waals surface area (Å²) in [6, 6.07) is -0.0617. The third-order valence-electron chi connectivity index (χ3n) is 2.03. The lowest BCUT2D eigenvalue weighted by Gasteiger charge is -2.28. The van der Waals surface area contributed by atoms with E-state index in [1.54, 1.807) is 0 Å². The van der Waals surface area contributed by atoms with E-state index in [0.717, 1.165) is 13.0 Å². The van der Waals surface area contributed by atoms with Crippen molar-refractivity contribution in [3.8, 4) is 0 Å². The number of carboxylic acid groups (broad SMARTS) is 1. The van der Waals surface area contributed by atoms with Gasteiger partial charge in [-0.05, 0) is 12.3 Å². The molecule has 5 heteroatoms. The molecule has 0 radical (unpaired) electrons. The molecule has 0 aromatic carbocycles. The standard InChI is InChI=1S/C7H14N2O3/c10-4-5-1-6(3-8-2-5)9-7(11)12/h5-6,8-10H,1-4H2,(H,11,12). The van der Waals surface area contributed by atoms with E-state index in [1.807, 2.05) is 0 Å². The summed E-state index contributed by atoms with van der Waals surface area (Å²) in [6.45, 7) is 1.54. The van der Waals surface area contributed by atoms with E-state index < -0.39 is 6.09 Å². The van der Waals surface area contributed by atoms with E-state index in [2.05, 4.69) is 10.6 Å². The molecule has 1 amide bonds. The number of aliphatic hydroxyl groups excluding tert-OH is 1. The van der Waals surface area contributed by atoms with Gasteiger partial charge in [-0.15, -0.1) is 0 Å². The van der Waals surface area contributed by atoms with Crippen LogP contribution in [0, 0.1) is 5.92 Å². The molecule has 2 unspecified atom stereocenters. The van der Waals surface area contributed by atoms with Gasteiger partial charge in [-0.2, -0.15) is 0 Å². The van der Waals surface area contributed by atoms with Crippen molar-refractivity contribution in [2.45, 2.75) is 12.5 Å². The Bertz CT molecular complexity index is 163. The number of hydrogen-bond donors (Lipinski definition) is 4. The van der Waals surface area contributed by atoms with Gasteiger partial charge in [0.2, 0.25) is 0 Å². The predicted octanol–water partition coefficient (Wildman–Crippen LogP) is -0.776. The lowest BCUT2D eigenvalue weighted by atomic mass is 9.97. The Hall–Kier alpha value is -0.810. The second-order valence-electron chi connectivity index (χ2n) is 3.09. The van der Waals surface area contributed by atoms with Gasteiger partial charge in [0, 0.05) is 25.7 Å². The highest BCUT2D eigenvalue weighted by Gasteiger charge is 2.21. The Balaban J connectivity index is 2.30. The summed E-state index contributed by atoms with van der Waals surface area (Å²) >= 11 is 0. The van der Waals surface area contributed by atoms with Crippen LogP contribution in [0.25, 0.3) is 0 Å². The van der Waals surface area contributed by atoms with Crippen LogP contribution < -0.4 is 10.6 Å². The Morgan fingerprint density at radius 1 is 1.58 bits per heavy atom. The van der Waals surface area contributed by atoms with Crippen molar-refractivity contribution in [1.29, 1.82) is 0 Å². The number of amides is 1. The molecule has 2 atom stereocenters. The van der Waals surface area contributed by atoms with Crippen LogP contribution in [0.3, 0.4) is 0 Å². The van der Waals surface area contributed by atoms with Crippen molar-refractivity contribution in [3.63, 3.8) is 0 Å². The average molecular weight is 174 g/mol. The summed E-state index contributed by atoms with van der Waals surface area (Å²) in [5, 5.41) is 22.7. The maximum atomic E-state index is 10.3. The Morgan fingerprint density at radius 2 is 2.33 bits per heavy atom. The number of carbonyl (C=O) groups is 1. The molecule has 5 nitrogen and oxygen atoms in total. The Morgan fingerprint density at radius 3 is 2.92 bits per heavy atom. The fraction of sp³-hybridized carbons (Fsp3) is 0.857. The molecule has 1 fully saturated rings. The van der Waals surface area contributed by atoms with Crippen LogP contribution in [0.1, 0.15) is 6.42 Å². The van der Waals surface area contributed by atoms with Gasteiger partial charge in [0.05, 0.1) is 0 Å². The second-order valence-corrected chi connectivity index (χ2v) is 3.09. The summed E-state index contributed by atoms with van der Waals surface area (Å²) in [5.41, 5.74) is 0. The molecule has 1 heterocycles. The molecule has 0 aliphatic carbocycles. The molecule has 0 aromatic rings. The summed E-state index contributed by atoms with van der Waals surface area (Å²) in [7, 11) is 0. The minimum atomic E-state index is -1.000. The van der Waals surface area contributed by atoms with Crippen LogP contribution in [0.15, 0.2) is 0 Å². The second kappa shape index (κ2) is 4.27. The number of aliphatic hydroxyl groups is 1. The van der Waals surface area contributed by atoms with E-state index in [9.17, 15) is 4.79 Å². The van der Waals surface area contributed by atoms with E-state index in [-0.39, 0.29) is 18.6 Å². The van der Waals surface area contributed by atoms with Gasteiger partial charge in [-0.3, -0.25) is 0 Å². The van der Waals surface area contributed by atoms with Crippen LogP contribution >= 0.6 is 0 Å². The first-order valence-electron chi connectivity index (χ1n) is 4.03. The van der Waals surface area contributed by atoms with Crippen molar-refractivity contribution in [2.75, 3.05) is 19.7 Å². The van der Waals surface area contributed by atoms with Crippen LogP contribution in [-0.2, 0) is 0 Å². The number of piperidine rings is 1. The quantitative estimate of drug-likeness (QED) is 0.443. The Kier molecular flexibility index (Phi) is 3.31. The average Bonchev–Trinajstić information content (AvgIpc) is 2.03. The van der Waals surface area contributed by atoms with Gasteiger partial charge in [-0.25, -0.2) is 4.79 Å². The van der Waals surface area contributed by atoms with Gasteiger partial charge in [0.1, 0.15) is 0 Å². The highest BCUT2D eigenvalue weighted by Crippen LogP contribution is 2.09. The molecule has 0 saturated carbocycles. The lowest BCUT2D eigenvalue weighted by molar-refractivity contribution is 0.164. The van der Waals surface area contributed by atoms with E-state index in [1.165, 1.54) is 0 Å². The predicted molar refractivity (Wildman–Crippen MR) is 43.0 cm³/mol. The molecule has 1 aliphatic rings. The molecule has 12 heavy (non-hydrogen) atoms. The smallest absolute Gasteiger partial charge is 0.404 e. The lowest BCUT2D eigenvalue weighted by Crippen LogP contribution is -2.49. The number of rotatable bonds is 2. The summed E-state index contributed by atoms with van der Waals surface area (Å²) in [4.78, 5) is 10.3. The highest BCUT2D eigenvalue weighted by atomic mass is 16.4. The normalized spacial score (nSPS) is 29.8. The topological polar surface area (TPSA) is 81.6 Å². The van der Waals surface area contributed by atoms with Crippen LogP contribution in [0.5, 0.6) is 0 Å². The summed E-state index contributed by atoms with van der Waals surface area (Å²) in [5.74, 6) is 0.176. The maximum absolute atomic E-state index is 10.3. The van der Waals surface area contributed by atoms with Gasteiger partial charge in [0.25, 0.3) is 0 Å². The van der Waals surface area contributed by atoms with Crippen molar-refractivity contribution >= 4 is 6.09 Å². The zero-order valence-electron chi connectivity index (χ0n) is 6.79. The fourth-order valence-corrected chi connectivity index (χ4v) is 1.45. The molecule has 4 N–H and O–H groups in total. The van der Waals surface area contributed by atoms with Crippen molar-refractivity contribution in [2.24, 2.45) is 5.92 Å². The minimum Gasteiger partial charge on any atom is -0.465 e. The largest absolute Gasteiger partial charge is 0.465 e. The first-order chi connectivity index (χ1) is 5.72. The fourth-order valence-electron chi connectivity index (χ4n) is 1.45. The van der Waals surface area contributed by atoms with Crippen molar-refractivity contribution < 1.29 is 15.0 Å². The van der Waals surface area contributed by atoms with Crippen LogP contribution in [0.2, 0.25) is 0 Å². The zero-order chi connectivity index (χ0) is 8.97. The minimum absolute atomic E-state index is 0.0617. The first kappa shape index (κ1) is 9.28. The maximum Gasteiger partial charge on any atom is 0.404 e. The molecular formula is C7H14N2O3. The van der Waals surface area contributed by atoms with Crippen LogP contribution in [-0.4, -0.2) is 42.0 Å². The number of nitrogens with one attached hydrogen (secondary N) is 2. The van der Waals surface area contributed by atoms with Crippen molar-refractivity contribution in [3.05, 3.63) is 0 Å².